The Balaban J connectivity index is 1.94. The molecule has 3 rings (SSSR count). The first-order chi connectivity index (χ1) is 11.0. The van der Waals surface area contributed by atoms with Crippen molar-refractivity contribution in [3.63, 3.8) is 0 Å². The van der Waals surface area contributed by atoms with Gasteiger partial charge in [0.15, 0.2) is 0 Å². The summed E-state index contributed by atoms with van der Waals surface area (Å²) in [6.45, 7) is 3.47. The molecule has 0 radical (unpaired) electrons. The van der Waals surface area contributed by atoms with E-state index in [0.29, 0.717) is 16.8 Å². The molecule has 5 nitrogen and oxygen atoms in total. The minimum absolute atomic E-state index is 0.129. The van der Waals surface area contributed by atoms with Crippen molar-refractivity contribution in [3.8, 4) is 0 Å². The van der Waals surface area contributed by atoms with Crippen LogP contribution in [0.4, 0.5) is 5.69 Å². The van der Waals surface area contributed by atoms with E-state index in [1.807, 2.05) is 19.1 Å². The number of fused-ring (bicyclic) bond motifs is 1. The Kier molecular flexibility index (Phi) is 3.70. The number of aryl methyl sites for hydroxylation is 1. The van der Waals surface area contributed by atoms with Gasteiger partial charge in [0, 0.05) is 12.6 Å². The lowest BCUT2D eigenvalue weighted by molar-refractivity contribution is -0.114. The van der Waals surface area contributed by atoms with Crippen LogP contribution in [0.2, 0.25) is 0 Å². The Hall–Kier alpha value is -2.95. The van der Waals surface area contributed by atoms with Gasteiger partial charge in [-0.3, -0.25) is 19.3 Å². The highest BCUT2D eigenvalue weighted by Crippen LogP contribution is 2.27. The van der Waals surface area contributed by atoms with E-state index in [9.17, 15) is 14.4 Å². The number of hydrogen-bond donors (Lipinski definition) is 1. The molecule has 23 heavy (non-hydrogen) atoms. The molecule has 0 atom stereocenters. The average molecular weight is 308 g/mol. The van der Waals surface area contributed by atoms with E-state index in [0.717, 1.165) is 11.1 Å². The fourth-order valence-electron chi connectivity index (χ4n) is 2.72. The van der Waals surface area contributed by atoms with Crippen molar-refractivity contribution in [2.24, 2.45) is 0 Å². The van der Waals surface area contributed by atoms with Gasteiger partial charge in [-0.1, -0.05) is 29.8 Å². The molecule has 3 amide bonds. The van der Waals surface area contributed by atoms with Crippen molar-refractivity contribution in [1.82, 2.24) is 4.90 Å². The fraction of sp³-hybridized carbons (Fsp3) is 0.167. The lowest BCUT2D eigenvalue weighted by Crippen LogP contribution is -2.29. The molecule has 1 aliphatic rings. The maximum absolute atomic E-state index is 12.4. The minimum atomic E-state index is -0.305. The number of imide groups is 1. The molecule has 0 saturated heterocycles. The van der Waals surface area contributed by atoms with Gasteiger partial charge in [-0.15, -0.1) is 0 Å². The first-order valence-electron chi connectivity index (χ1n) is 7.29. The molecule has 0 spiro atoms. The van der Waals surface area contributed by atoms with Crippen molar-refractivity contribution in [3.05, 3.63) is 64.7 Å². The van der Waals surface area contributed by atoms with Gasteiger partial charge in [0.05, 0.1) is 17.7 Å². The zero-order chi connectivity index (χ0) is 16.6. The van der Waals surface area contributed by atoms with Gasteiger partial charge in [0.25, 0.3) is 11.8 Å². The first kappa shape index (κ1) is 15.0. The molecule has 0 bridgehead atoms. The Bertz CT molecular complexity index is 792. The Morgan fingerprint density at radius 2 is 1.65 bits per heavy atom. The van der Waals surface area contributed by atoms with E-state index in [4.69, 9.17) is 0 Å². The van der Waals surface area contributed by atoms with Crippen molar-refractivity contribution < 1.29 is 14.4 Å². The van der Waals surface area contributed by atoms with E-state index in [1.54, 1.807) is 30.3 Å². The van der Waals surface area contributed by atoms with E-state index in [1.165, 1.54) is 11.8 Å². The summed E-state index contributed by atoms with van der Waals surface area (Å²) in [5.41, 5.74) is 3.18. The van der Waals surface area contributed by atoms with Crippen LogP contribution in [0.5, 0.6) is 0 Å². The summed E-state index contributed by atoms with van der Waals surface area (Å²) in [7, 11) is 0. The maximum Gasteiger partial charge on any atom is 0.261 e. The molecule has 0 aromatic heterocycles. The van der Waals surface area contributed by atoms with Crippen molar-refractivity contribution in [2.75, 3.05) is 5.32 Å². The second-order valence-electron chi connectivity index (χ2n) is 5.58. The fourth-order valence-corrected chi connectivity index (χ4v) is 2.72. The van der Waals surface area contributed by atoms with Crippen molar-refractivity contribution in [2.45, 2.75) is 20.4 Å². The van der Waals surface area contributed by atoms with Gasteiger partial charge in [-0.2, -0.15) is 0 Å². The summed E-state index contributed by atoms with van der Waals surface area (Å²) in [5, 5.41) is 2.74. The molecule has 1 N–H and O–H groups in total. The van der Waals surface area contributed by atoms with Crippen LogP contribution < -0.4 is 5.32 Å². The van der Waals surface area contributed by atoms with Gasteiger partial charge < -0.3 is 5.32 Å². The number of hydrogen-bond acceptors (Lipinski definition) is 3. The molecule has 116 valence electrons. The number of nitrogens with zero attached hydrogens (tertiary/aromatic N) is 1. The summed E-state index contributed by atoms with van der Waals surface area (Å²) in [5.74, 6) is -0.806. The largest absolute Gasteiger partial charge is 0.326 e. The highest BCUT2D eigenvalue weighted by molar-refractivity contribution is 6.21. The lowest BCUT2D eigenvalue weighted by atomic mass is 10.1. The summed E-state index contributed by atoms with van der Waals surface area (Å²) >= 11 is 0. The normalized spacial score (nSPS) is 13.2. The number of nitrogens with one attached hydrogen (secondary N) is 1. The van der Waals surface area contributed by atoms with Gasteiger partial charge >= 0.3 is 0 Å². The number of benzene rings is 2. The molecular formula is C18H16N2O3. The molecule has 0 unspecified atom stereocenters. The third-order valence-corrected chi connectivity index (χ3v) is 3.78. The number of rotatable bonds is 3. The molecule has 1 aliphatic heterocycles. The van der Waals surface area contributed by atoms with Crippen molar-refractivity contribution >= 4 is 23.4 Å². The minimum Gasteiger partial charge on any atom is -0.326 e. The lowest BCUT2D eigenvalue weighted by Gasteiger charge is -2.17. The van der Waals surface area contributed by atoms with Crippen LogP contribution in [0.1, 0.15) is 38.8 Å². The molecule has 0 fully saturated rings. The predicted molar refractivity (Wildman–Crippen MR) is 86.1 cm³/mol. The summed E-state index contributed by atoms with van der Waals surface area (Å²) in [6, 6.07) is 12.3. The first-order valence-corrected chi connectivity index (χ1v) is 7.29. The van der Waals surface area contributed by atoms with Crippen molar-refractivity contribution in [1.29, 1.82) is 0 Å². The molecule has 2 aromatic rings. The van der Waals surface area contributed by atoms with Gasteiger partial charge in [0.1, 0.15) is 0 Å². The summed E-state index contributed by atoms with van der Waals surface area (Å²) in [6.07, 6.45) is 0. The molecule has 0 aliphatic carbocycles. The van der Waals surface area contributed by atoms with Crippen LogP contribution >= 0.6 is 0 Å². The SMILES string of the molecule is CC(=O)Nc1ccc(C)cc1CN1C(=O)c2ccccc2C1=O. The van der Waals surface area contributed by atoms with E-state index in [-0.39, 0.29) is 24.3 Å². The molecule has 5 heteroatoms. The zero-order valence-electron chi connectivity index (χ0n) is 12.9. The highest BCUT2D eigenvalue weighted by atomic mass is 16.2. The van der Waals surface area contributed by atoms with Crippen LogP contribution in [-0.2, 0) is 11.3 Å². The number of carbonyl (C=O) groups is 3. The van der Waals surface area contributed by atoms with E-state index in [2.05, 4.69) is 5.32 Å². The quantitative estimate of drug-likeness (QED) is 0.887. The third-order valence-electron chi connectivity index (χ3n) is 3.78. The summed E-state index contributed by atoms with van der Waals surface area (Å²) in [4.78, 5) is 37.4. The monoisotopic (exact) mass is 308 g/mol. The molecule has 0 saturated carbocycles. The zero-order valence-corrected chi connectivity index (χ0v) is 12.9. The Morgan fingerprint density at radius 3 is 2.22 bits per heavy atom. The van der Waals surface area contributed by atoms with Gasteiger partial charge in [0.2, 0.25) is 5.91 Å². The number of amides is 3. The third kappa shape index (κ3) is 2.73. The average Bonchev–Trinajstić information content (AvgIpc) is 2.75. The Morgan fingerprint density at radius 1 is 1.04 bits per heavy atom. The molecular weight excluding hydrogens is 292 g/mol. The Labute approximate surface area is 133 Å². The maximum atomic E-state index is 12.4. The van der Waals surface area contributed by atoms with Crippen LogP contribution in [0.3, 0.4) is 0 Å². The van der Waals surface area contributed by atoms with Crippen LogP contribution in [-0.4, -0.2) is 22.6 Å². The topological polar surface area (TPSA) is 66.5 Å². The number of anilines is 1. The van der Waals surface area contributed by atoms with Crippen LogP contribution in [0.25, 0.3) is 0 Å². The number of carbonyl (C=O) groups excluding carboxylic acids is 3. The summed E-state index contributed by atoms with van der Waals surface area (Å²) < 4.78 is 0. The van der Waals surface area contributed by atoms with E-state index >= 15 is 0 Å². The highest BCUT2D eigenvalue weighted by Gasteiger charge is 2.35. The molecule has 2 aromatic carbocycles. The van der Waals surface area contributed by atoms with E-state index < -0.39 is 0 Å². The van der Waals surface area contributed by atoms with Crippen LogP contribution in [0.15, 0.2) is 42.5 Å². The standard InChI is InChI=1S/C18H16N2O3/c1-11-7-8-16(19-12(2)21)13(9-11)10-20-17(22)14-5-3-4-6-15(14)18(20)23/h3-9H,10H2,1-2H3,(H,19,21). The second kappa shape index (κ2) is 5.68. The van der Waals surface area contributed by atoms with Gasteiger partial charge in [-0.05, 0) is 30.7 Å². The second-order valence-corrected chi connectivity index (χ2v) is 5.58. The smallest absolute Gasteiger partial charge is 0.261 e. The predicted octanol–water partition coefficient (Wildman–Crippen LogP) is 2.75. The van der Waals surface area contributed by atoms with Gasteiger partial charge in [-0.25, -0.2) is 0 Å². The van der Waals surface area contributed by atoms with Crippen LogP contribution in [0, 0.1) is 6.92 Å². The molecule has 1 heterocycles.